The summed E-state index contributed by atoms with van der Waals surface area (Å²) in [7, 11) is -0.711. The van der Waals surface area contributed by atoms with E-state index >= 15 is 0 Å². The van der Waals surface area contributed by atoms with Crippen molar-refractivity contribution < 1.29 is 9.00 Å². The van der Waals surface area contributed by atoms with Gasteiger partial charge in [-0.15, -0.1) is 0 Å². The summed E-state index contributed by atoms with van der Waals surface area (Å²) in [5.41, 5.74) is 4.93. The molecule has 0 spiro atoms. The summed E-state index contributed by atoms with van der Waals surface area (Å²) in [5.74, 6) is 0.422. The van der Waals surface area contributed by atoms with E-state index in [2.05, 4.69) is 5.32 Å². The average molecular weight is 192 g/mol. The maximum Gasteiger partial charge on any atom is 0.218 e. The standard InChI is InChI=1S/C7H16N2O2S/c1-12(11)6-2-4-9-5-3-7(8)10/h9H,2-6H2,1H3,(H2,8,10). The zero-order chi connectivity index (χ0) is 9.40. The molecule has 12 heavy (non-hydrogen) atoms. The molecule has 0 rings (SSSR count). The van der Waals surface area contributed by atoms with Gasteiger partial charge in [0, 0.05) is 35.8 Å². The Bertz CT molecular complexity index is 143. The molecule has 5 heteroatoms. The minimum absolute atomic E-state index is 0.290. The summed E-state index contributed by atoms with van der Waals surface area (Å²) in [6, 6.07) is 0. The van der Waals surface area contributed by atoms with Crippen molar-refractivity contribution in [1.82, 2.24) is 5.32 Å². The van der Waals surface area contributed by atoms with Crippen LogP contribution in [0.15, 0.2) is 0 Å². The smallest absolute Gasteiger partial charge is 0.218 e. The van der Waals surface area contributed by atoms with E-state index in [4.69, 9.17) is 5.73 Å². The number of primary amides is 1. The fraction of sp³-hybridized carbons (Fsp3) is 0.857. The van der Waals surface area contributed by atoms with Gasteiger partial charge >= 0.3 is 0 Å². The van der Waals surface area contributed by atoms with Gasteiger partial charge in [-0.1, -0.05) is 0 Å². The minimum atomic E-state index is -0.711. The van der Waals surface area contributed by atoms with E-state index in [9.17, 15) is 9.00 Å². The van der Waals surface area contributed by atoms with Gasteiger partial charge < -0.3 is 11.1 Å². The lowest BCUT2D eigenvalue weighted by Gasteiger charge is -2.00. The van der Waals surface area contributed by atoms with Crippen LogP contribution in [-0.4, -0.2) is 35.2 Å². The van der Waals surface area contributed by atoms with Gasteiger partial charge in [-0.3, -0.25) is 9.00 Å². The number of nitrogens with two attached hydrogens (primary N) is 1. The fourth-order valence-electron chi connectivity index (χ4n) is 0.737. The van der Waals surface area contributed by atoms with E-state index < -0.39 is 10.8 Å². The van der Waals surface area contributed by atoms with E-state index in [0.29, 0.717) is 18.7 Å². The number of hydrogen-bond donors (Lipinski definition) is 2. The molecule has 4 nitrogen and oxygen atoms in total. The van der Waals surface area contributed by atoms with Crippen molar-refractivity contribution in [2.45, 2.75) is 12.8 Å². The molecule has 0 aliphatic carbocycles. The summed E-state index contributed by atoms with van der Waals surface area (Å²) in [6.45, 7) is 1.42. The number of carbonyl (C=O) groups excluding carboxylic acids is 1. The van der Waals surface area contributed by atoms with Crippen LogP contribution in [0.1, 0.15) is 12.8 Å². The molecule has 0 aromatic rings. The molecule has 0 aliphatic heterocycles. The molecular formula is C7H16N2O2S. The Kier molecular flexibility index (Phi) is 6.99. The molecule has 0 radical (unpaired) electrons. The molecule has 0 fully saturated rings. The summed E-state index contributed by atoms with van der Waals surface area (Å²) in [4.78, 5) is 10.3. The van der Waals surface area contributed by atoms with E-state index in [1.54, 1.807) is 6.26 Å². The van der Waals surface area contributed by atoms with Crippen molar-refractivity contribution in [3.8, 4) is 0 Å². The molecular weight excluding hydrogens is 176 g/mol. The number of carbonyl (C=O) groups is 1. The van der Waals surface area contributed by atoms with Crippen LogP contribution >= 0.6 is 0 Å². The van der Waals surface area contributed by atoms with Crippen LogP contribution in [0.2, 0.25) is 0 Å². The average Bonchev–Trinajstić information content (AvgIpc) is 1.95. The van der Waals surface area contributed by atoms with Gasteiger partial charge in [-0.25, -0.2) is 0 Å². The first-order valence-corrected chi connectivity index (χ1v) is 5.64. The Labute approximate surface area is 75.4 Å². The molecule has 0 aromatic carbocycles. The van der Waals surface area contributed by atoms with Crippen molar-refractivity contribution >= 4 is 16.7 Å². The van der Waals surface area contributed by atoms with Crippen LogP contribution in [0.4, 0.5) is 0 Å². The highest BCUT2D eigenvalue weighted by atomic mass is 32.2. The Morgan fingerprint density at radius 3 is 2.67 bits per heavy atom. The van der Waals surface area contributed by atoms with Gasteiger partial charge in [-0.05, 0) is 13.0 Å². The number of hydrogen-bond acceptors (Lipinski definition) is 3. The molecule has 0 aliphatic rings. The van der Waals surface area contributed by atoms with E-state index in [1.807, 2.05) is 0 Å². The highest BCUT2D eigenvalue weighted by molar-refractivity contribution is 7.84. The first kappa shape index (κ1) is 11.6. The van der Waals surface area contributed by atoms with E-state index in [-0.39, 0.29) is 5.91 Å². The van der Waals surface area contributed by atoms with E-state index in [0.717, 1.165) is 13.0 Å². The Hall–Kier alpha value is -0.420. The maximum absolute atomic E-state index is 10.6. The third-order valence-corrected chi connectivity index (χ3v) is 2.20. The van der Waals surface area contributed by atoms with Crippen LogP contribution in [0.5, 0.6) is 0 Å². The van der Waals surface area contributed by atoms with Crippen molar-refractivity contribution in [3.05, 3.63) is 0 Å². The Balaban J connectivity index is 3.01. The normalized spacial score (nSPS) is 12.8. The zero-order valence-corrected chi connectivity index (χ0v) is 8.15. The van der Waals surface area contributed by atoms with Crippen LogP contribution in [0.25, 0.3) is 0 Å². The lowest BCUT2D eigenvalue weighted by Crippen LogP contribution is -2.23. The van der Waals surface area contributed by atoms with Crippen molar-refractivity contribution in [1.29, 1.82) is 0 Å². The summed E-state index contributed by atoms with van der Waals surface area (Å²) in [6.07, 6.45) is 2.93. The lowest BCUT2D eigenvalue weighted by molar-refractivity contribution is -0.117. The minimum Gasteiger partial charge on any atom is -0.370 e. The number of nitrogens with one attached hydrogen (secondary N) is 1. The summed E-state index contributed by atoms with van der Waals surface area (Å²) < 4.78 is 10.6. The quantitative estimate of drug-likeness (QED) is 0.520. The second-order valence-electron chi connectivity index (χ2n) is 2.60. The second kappa shape index (κ2) is 7.24. The molecule has 1 amide bonds. The third kappa shape index (κ3) is 9.58. The van der Waals surface area contributed by atoms with Gasteiger partial charge in [0.1, 0.15) is 0 Å². The Morgan fingerprint density at radius 2 is 2.17 bits per heavy atom. The molecule has 0 aromatic heterocycles. The monoisotopic (exact) mass is 192 g/mol. The van der Waals surface area contributed by atoms with Crippen molar-refractivity contribution in [2.24, 2.45) is 5.73 Å². The van der Waals surface area contributed by atoms with Crippen LogP contribution in [0.3, 0.4) is 0 Å². The molecule has 1 unspecified atom stereocenters. The van der Waals surface area contributed by atoms with Crippen molar-refractivity contribution in [3.63, 3.8) is 0 Å². The highest BCUT2D eigenvalue weighted by Crippen LogP contribution is 1.81. The largest absolute Gasteiger partial charge is 0.370 e. The molecule has 0 bridgehead atoms. The zero-order valence-electron chi connectivity index (χ0n) is 7.34. The topological polar surface area (TPSA) is 72.2 Å². The van der Waals surface area contributed by atoms with Gasteiger partial charge in [-0.2, -0.15) is 0 Å². The Morgan fingerprint density at radius 1 is 1.50 bits per heavy atom. The van der Waals surface area contributed by atoms with Gasteiger partial charge in [0.05, 0.1) is 0 Å². The van der Waals surface area contributed by atoms with Gasteiger partial charge in [0.2, 0.25) is 5.91 Å². The van der Waals surface area contributed by atoms with Crippen LogP contribution in [-0.2, 0) is 15.6 Å². The highest BCUT2D eigenvalue weighted by Gasteiger charge is 1.94. The molecule has 0 heterocycles. The predicted molar refractivity (Wildman–Crippen MR) is 50.2 cm³/mol. The van der Waals surface area contributed by atoms with Gasteiger partial charge in [0.25, 0.3) is 0 Å². The summed E-state index contributed by atoms with van der Waals surface area (Å²) >= 11 is 0. The van der Waals surface area contributed by atoms with Gasteiger partial charge in [0.15, 0.2) is 0 Å². The molecule has 1 atom stereocenters. The predicted octanol–water partition coefficient (Wildman–Crippen LogP) is -0.780. The third-order valence-electron chi connectivity index (χ3n) is 1.33. The molecule has 0 saturated carbocycles. The van der Waals surface area contributed by atoms with E-state index in [1.165, 1.54) is 0 Å². The molecule has 3 N–H and O–H groups in total. The first-order valence-electron chi connectivity index (χ1n) is 3.92. The first-order chi connectivity index (χ1) is 5.63. The fourth-order valence-corrected chi connectivity index (χ4v) is 1.29. The maximum atomic E-state index is 10.6. The molecule has 0 saturated heterocycles. The lowest BCUT2D eigenvalue weighted by atomic mass is 10.4. The van der Waals surface area contributed by atoms with Crippen LogP contribution < -0.4 is 11.1 Å². The summed E-state index contributed by atoms with van der Waals surface area (Å²) in [5, 5.41) is 3.04. The van der Waals surface area contributed by atoms with Crippen LogP contribution in [0, 0.1) is 0 Å². The number of rotatable bonds is 7. The second-order valence-corrected chi connectivity index (χ2v) is 4.15. The SMILES string of the molecule is CS(=O)CCCNCCC(N)=O. The number of amides is 1. The van der Waals surface area contributed by atoms with Crippen molar-refractivity contribution in [2.75, 3.05) is 25.1 Å². The molecule has 72 valence electrons.